The number of allylic oxidation sites excluding steroid dienone is 12. The summed E-state index contributed by atoms with van der Waals surface area (Å²) in [4.78, 5) is 58.4. The molecule has 0 fully saturated rings. The number of carbonyl (C=O) groups excluding carboxylic acids is 3. The molecule has 5 atom stereocenters. The second-order valence-electron chi connectivity index (χ2n) is 24.4. The van der Waals surface area contributed by atoms with Crippen molar-refractivity contribution in [3.63, 3.8) is 0 Å². The minimum atomic E-state index is -4.92. The average Bonchev–Trinajstić information content (AvgIpc) is 3.70. The van der Waals surface area contributed by atoms with E-state index in [2.05, 4.69) is 93.7 Å². The summed E-state index contributed by atoms with van der Waals surface area (Å²) in [5.74, 6) is -1.58. The third-order valence-corrected chi connectivity index (χ3v) is 17.3. The fraction of sp³-hybridized carbons (Fsp3) is 0.795. The Balaban J connectivity index is 4.48. The number of ether oxygens (including phenoxy) is 3. The topological polar surface area (TPSA) is 231 Å². The maximum atomic E-state index is 12.9. The van der Waals surface area contributed by atoms with Gasteiger partial charge < -0.3 is 34.2 Å². The van der Waals surface area contributed by atoms with Crippen LogP contribution in [0.15, 0.2) is 72.9 Å². The van der Waals surface area contributed by atoms with Crippen LogP contribution in [0.3, 0.4) is 0 Å². The van der Waals surface area contributed by atoms with Crippen molar-refractivity contribution in [3.05, 3.63) is 72.9 Å². The summed E-state index contributed by atoms with van der Waals surface area (Å²) in [6.45, 7) is 2.63. The Kier molecular flexibility index (Phi) is 64.8. The Morgan fingerprint density at radius 2 is 0.549 bits per heavy atom. The van der Waals surface area contributed by atoms with Gasteiger partial charge in [0.1, 0.15) is 25.4 Å². The van der Waals surface area contributed by atoms with Gasteiger partial charge in [-0.15, -0.1) is 0 Å². The van der Waals surface area contributed by atoms with E-state index in [0.29, 0.717) is 19.3 Å². The summed E-state index contributed by atoms with van der Waals surface area (Å²) < 4.78 is 60.9. The first kappa shape index (κ1) is 88.0. The summed E-state index contributed by atoms with van der Waals surface area (Å²) in [6, 6.07) is 0. The number of unbranched alkanes of at least 4 members (excludes halogenated alkanes) is 34. The Morgan fingerprint density at radius 1 is 0.308 bits per heavy atom. The van der Waals surface area contributed by atoms with Crippen molar-refractivity contribution in [1.29, 1.82) is 0 Å². The molecule has 0 heterocycles. The molecule has 91 heavy (non-hydrogen) atoms. The minimum Gasteiger partial charge on any atom is -0.463 e. The summed E-state index contributed by atoms with van der Waals surface area (Å²) >= 11 is 0. The molecule has 0 spiro atoms. The average molecular weight is 1330 g/mol. The van der Waals surface area contributed by atoms with Crippen LogP contribution < -0.4 is 0 Å². The zero-order valence-corrected chi connectivity index (χ0v) is 59.3. The third kappa shape index (κ3) is 68.2. The molecule has 530 valence electrons. The van der Waals surface area contributed by atoms with Gasteiger partial charge in [-0.2, -0.15) is 0 Å². The first-order chi connectivity index (χ1) is 44.2. The first-order valence-corrected chi connectivity index (χ1v) is 39.2. The monoisotopic (exact) mass is 1330 g/mol. The first-order valence-electron chi connectivity index (χ1n) is 36.2. The van der Waals surface area contributed by atoms with Gasteiger partial charge in [-0.3, -0.25) is 32.5 Å². The van der Waals surface area contributed by atoms with Gasteiger partial charge in [0.25, 0.3) is 0 Å². The number of hydrogen-bond acceptors (Lipinski definition) is 14. The number of rotatable bonds is 69. The van der Waals surface area contributed by atoms with Crippen LogP contribution in [0.1, 0.15) is 316 Å². The van der Waals surface area contributed by atoms with Crippen molar-refractivity contribution in [3.8, 4) is 0 Å². The van der Waals surface area contributed by atoms with E-state index < -0.39 is 91.5 Å². The predicted molar refractivity (Wildman–Crippen MR) is 372 cm³/mol. The van der Waals surface area contributed by atoms with Crippen molar-refractivity contribution in [2.45, 2.75) is 334 Å². The lowest BCUT2D eigenvalue weighted by Crippen LogP contribution is -2.30. The maximum absolute atomic E-state index is 12.9. The van der Waals surface area contributed by atoms with Gasteiger partial charge in [0.2, 0.25) is 0 Å². The summed E-state index contributed by atoms with van der Waals surface area (Å²) in [7, 11) is -9.77. The van der Waals surface area contributed by atoms with E-state index in [-0.39, 0.29) is 19.3 Å². The van der Waals surface area contributed by atoms with Crippen LogP contribution in [-0.2, 0) is 55.8 Å². The van der Waals surface area contributed by atoms with Crippen LogP contribution in [0.4, 0.5) is 0 Å². The Bertz CT molecular complexity index is 1950. The van der Waals surface area contributed by atoms with E-state index >= 15 is 0 Å². The maximum Gasteiger partial charge on any atom is 0.472 e. The molecule has 0 aliphatic heterocycles. The van der Waals surface area contributed by atoms with Gasteiger partial charge in [-0.25, -0.2) is 9.13 Å². The molecule has 0 saturated heterocycles. The summed E-state index contributed by atoms with van der Waals surface area (Å²) in [5.41, 5.74) is 0. The lowest BCUT2D eigenvalue weighted by Gasteiger charge is -2.21. The molecule has 0 rings (SSSR count). The lowest BCUT2D eigenvalue weighted by atomic mass is 10.0. The van der Waals surface area contributed by atoms with Gasteiger partial charge in [-0.05, 0) is 96.3 Å². The van der Waals surface area contributed by atoms with Gasteiger partial charge >= 0.3 is 33.6 Å². The highest BCUT2D eigenvalue weighted by molar-refractivity contribution is 7.47. The highest BCUT2D eigenvalue weighted by atomic mass is 31.2. The van der Waals surface area contributed by atoms with Crippen LogP contribution in [0.5, 0.6) is 0 Å². The van der Waals surface area contributed by atoms with Gasteiger partial charge in [0.15, 0.2) is 6.10 Å². The summed E-state index contributed by atoms with van der Waals surface area (Å²) in [6.07, 6.45) is 71.0. The van der Waals surface area contributed by atoms with Crippen molar-refractivity contribution in [2.24, 2.45) is 0 Å². The van der Waals surface area contributed by atoms with Crippen molar-refractivity contribution in [2.75, 3.05) is 39.6 Å². The smallest absolute Gasteiger partial charge is 0.463 e. The zero-order valence-electron chi connectivity index (χ0n) is 57.5. The van der Waals surface area contributed by atoms with Crippen LogP contribution in [0.25, 0.3) is 0 Å². The molecule has 0 radical (unpaired) electrons. The van der Waals surface area contributed by atoms with Crippen molar-refractivity contribution >= 4 is 33.6 Å². The van der Waals surface area contributed by atoms with Crippen LogP contribution in [0, 0.1) is 0 Å². The van der Waals surface area contributed by atoms with E-state index in [0.717, 1.165) is 116 Å². The lowest BCUT2D eigenvalue weighted by molar-refractivity contribution is -0.161. The molecule has 16 nitrogen and oxygen atoms in total. The highest BCUT2D eigenvalue weighted by Gasteiger charge is 2.29. The Hall–Kier alpha value is -3.01. The van der Waals surface area contributed by atoms with E-state index in [1.54, 1.807) is 0 Å². The van der Waals surface area contributed by atoms with Crippen molar-refractivity contribution < 1.29 is 75.8 Å². The zero-order chi connectivity index (χ0) is 66.7. The van der Waals surface area contributed by atoms with Crippen LogP contribution in [-0.4, -0.2) is 95.9 Å². The molecule has 0 aromatic carbocycles. The molecular formula is C73H132O16P2. The quantitative estimate of drug-likeness (QED) is 0.0146. The van der Waals surface area contributed by atoms with E-state index in [9.17, 15) is 43.5 Å². The fourth-order valence-corrected chi connectivity index (χ4v) is 11.4. The largest absolute Gasteiger partial charge is 0.472 e. The standard InChI is InChI=1S/C73H132O16P2/c1-4-7-10-13-16-19-22-25-27-28-29-30-31-32-33-34-35-36-37-38-40-43-44-47-50-53-56-59-71(76)83-62-68(74)63-85-90(79,80)86-64-69(75)65-87-91(81,82)88-67-70(89-73(78)61-58-55-52-49-46-41-24-21-18-15-12-9-6-3)66-84-72(77)60-57-54-51-48-45-42-39-26-23-20-17-14-11-8-5-2/h16-17,19-20,25-27,29-30,32-33,39,68-70,74-75H,4-15,18,21-24,28,31,34-38,40-67H2,1-3H3,(H,79,80)(H,81,82)/b19-16-,20-17-,27-25-,30-29-,33-32-,39-26-. The normalized spacial score (nSPS) is 14.6. The molecule has 4 N–H and O–H groups in total. The number of aliphatic hydroxyl groups is 2. The second-order valence-corrected chi connectivity index (χ2v) is 27.3. The molecule has 0 amide bonds. The number of carbonyl (C=O) groups is 3. The number of phosphoric ester groups is 2. The van der Waals surface area contributed by atoms with Crippen LogP contribution in [0.2, 0.25) is 0 Å². The molecule has 0 aliphatic rings. The van der Waals surface area contributed by atoms with Gasteiger partial charge in [0, 0.05) is 19.3 Å². The molecule has 5 unspecified atom stereocenters. The highest BCUT2D eigenvalue weighted by Crippen LogP contribution is 2.45. The van der Waals surface area contributed by atoms with Gasteiger partial charge in [0.05, 0.1) is 26.4 Å². The Labute approximate surface area is 553 Å². The van der Waals surface area contributed by atoms with E-state index in [1.807, 2.05) is 0 Å². The summed E-state index contributed by atoms with van der Waals surface area (Å²) in [5, 5.41) is 20.6. The molecule has 0 aliphatic carbocycles. The molecule has 0 aromatic heterocycles. The number of esters is 3. The third-order valence-electron chi connectivity index (χ3n) is 15.4. The predicted octanol–water partition coefficient (Wildman–Crippen LogP) is 20.3. The Morgan fingerprint density at radius 3 is 0.890 bits per heavy atom. The molecule has 0 saturated carbocycles. The van der Waals surface area contributed by atoms with Crippen molar-refractivity contribution in [1.82, 2.24) is 0 Å². The van der Waals surface area contributed by atoms with Crippen LogP contribution >= 0.6 is 15.6 Å². The van der Waals surface area contributed by atoms with E-state index in [1.165, 1.54) is 141 Å². The second kappa shape index (κ2) is 67.0. The van der Waals surface area contributed by atoms with E-state index in [4.69, 9.17) is 32.3 Å². The van der Waals surface area contributed by atoms with Gasteiger partial charge in [-0.1, -0.05) is 273 Å². The molecule has 18 heteroatoms. The molecule has 0 bridgehead atoms. The fourth-order valence-electron chi connectivity index (χ4n) is 9.82. The number of aliphatic hydroxyl groups excluding tert-OH is 2. The number of phosphoric acid groups is 2. The SMILES string of the molecule is CCCCC/C=C\C/C=C\C/C=C\C/C=C\CCCCCCCCCCCCCC(=O)OCC(O)COP(=O)(O)OCC(O)COP(=O)(O)OCC(COC(=O)CCCCCCC/C=C\C/C=C\CCCCC)OC(=O)CCCCCCCCCCCCCCC. The molecule has 0 aromatic rings. The number of hydrogen-bond donors (Lipinski definition) is 4. The minimum absolute atomic E-state index is 0.107. The molecular weight excluding hydrogens is 1190 g/mol.